The molecule has 1 amide bonds. The lowest BCUT2D eigenvalue weighted by atomic mass is 9.97. The number of alkyl carbamates (subject to hydrolysis) is 1. The van der Waals surface area contributed by atoms with Gasteiger partial charge in [0.25, 0.3) is 0 Å². The Morgan fingerprint density at radius 3 is 2.48 bits per heavy atom. The number of rotatable bonds is 6. The third-order valence-electron chi connectivity index (χ3n) is 2.93. The van der Waals surface area contributed by atoms with Crippen LogP contribution in [0.25, 0.3) is 0 Å². The first-order valence-electron chi connectivity index (χ1n) is 6.63. The Bertz CT molecular complexity index is 385. The number of aliphatic hydroxyl groups is 3. The Kier molecular flexibility index (Phi) is 8.56. The van der Waals surface area contributed by atoms with Crippen LogP contribution in [0.5, 0.6) is 0 Å². The maximum atomic E-state index is 11.7. The van der Waals surface area contributed by atoms with Gasteiger partial charge in [0, 0.05) is 6.54 Å². The van der Waals surface area contributed by atoms with Gasteiger partial charge in [-0.05, 0) is 0 Å². The van der Waals surface area contributed by atoms with Crippen LogP contribution in [0.15, 0.2) is 0 Å². The molecule has 1 aliphatic rings. The fourth-order valence-corrected chi connectivity index (χ4v) is 2.05. The number of nitrogens with one attached hydrogen (secondary N) is 1. The summed E-state index contributed by atoms with van der Waals surface area (Å²) in [5, 5.41) is 31.3. The van der Waals surface area contributed by atoms with E-state index >= 15 is 0 Å². The van der Waals surface area contributed by atoms with Gasteiger partial charge in [-0.2, -0.15) is 0 Å². The fraction of sp³-hybridized carbons (Fsp3) is 0.909. The summed E-state index contributed by atoms with van der Waals surface area (Å²) in [5.41, 5.74) is 5.32. The molecule has 12 heteroatoms. The molecule has 5 atom stereocenters. The number of amides is 1. The van der Waals surface area contributed by atoms with Crippen LogP contribution in [0.4, 0.5) is 4.79 Å². The first-order chi connectivity index (χ1) is 10.7. The normalized spacial score (nSPS) is 31.7. The Morgan fingerprint density at radius 1 is 1.30 bits per heavy atom. The molecule has 136 valence electrons. The van der Waals surface area contributed by atoms with Crippen molar-refractivity contribution in [3.8, 4) is 0 Å². The van der Waals surface area contributed by atoms with Crippen molar-refractivity contribution in [2.75, 3.05) is 26.4 Å². The van der Waals surface area contributed by atoms with E-state index in [9.17, 15) is 15.0 Å². The minimum Gasteiger partial charge on any atom is -0.445 e. The number of carbonyl (C=O) groups excluding carboxylic acids is 1. The van der Waals surface area contributed by atoms with Gasteiger partial charge in [-0.1, -0.05) is 34.8 Å². The molecule has 0 bridgehead atoms. The van der Waals surface area contributed by atoms with Gasteiger partial charge in [-0.15, -0.1) is 0 Å². The highest BCUT2D eigenvalue weighted by atomic mass is 35.6. The number of hydrogen-bond acceptors (Lipinski definition) is 8. The maximum Gasteiger partial charge on any atom is 0.407 e. The van der Waals surface area contributed by atoms with Gasteiger partial charge in [0.1, 0.15) is 31.0 Å². The minimum atomic E-state index is -1.80. The molecule has 1 saturated heterocycles. The Labute approximate surface area is 147 Å². The van der Waals surface area contributed by atoms with Crippen molar-refractivity contribution in [1.82, 2.24) is 5.32 Å². The summed E-state index contributed by atoms with van der Waals surface area (Å²) in [6.45, 7) is -0.853. The molecule has 1 heterocycles. The average molecular weight is 398 g/mol. The highest BCUT2D eigenvalue weighted by Crippen LogP contribution is 2.26. The van der Waals surface area contributed by atoms with Crippen molar-refractivity contribution in [1.29, 1.82) is 0 Å². The van der Waals surface area contributed by atoms with Crippen molar-refractivity contribution in [3.05, 3.63) is 0 Å². The van der Waals surface area contributed by atoms with E-state index in [4.69, 9.17) is 55.1 Å². The summed E-state index contributed by atoms with van der Waals surface area (Å²) in [5.74, 6) is 0. The van der Waals surface area contributed by atoms with Gasteiger partial charge < -0.3 is 40.6 Å². The summed E-state index contributed by atoms with van der Waals surface area (Å²) < 4.78 is 13.4. The largest absolute Gasteiger partial charge is 0.445 e. The van der Waals surface area contributed by atoms with Gasteiger partial charge in [-0.3, -0.25) is 0 Å². The highest BCUT2D eigenvalue weighted by molar-refractivity contribution is 6.67. The first-order valence-corrected chi connectivity index (χ1v) is 7.77. The molecule has 0 aliphatic carbocycles. The predicted octanol–water partition coefficient (Wildman–Crippen LogP) is -1.13. The van der Waals surface area contributed by atoms with Crippen LogP contribution >= 0.6 is 34.8 Å². The van der Waals surface area contributed by atoms with E-state index in [1.54, 1.807) is 0 Å². The molecule has 1 aliphatic heterocycles. The summed E-state index contributed by atoms with van der Waals surface area (Å²) in [6, 6.07) is -1.18. The molecule has 0 aromatic rings. The van der Waals surface area contributed by atoms with Crippen molar-refractivity contribution in [2.24, 2.45) is 5.73 Å². The lowest BCUT2D eigenvalue weighted by Crippen LogP contribution is -2.65. The SMILES string of the molecule is NCCO[C@@H]1OC(CO)[C@H](O)C(O)[C@@H]1NC(=O)OCC(Cl)(Cl)Cl. The number of aliphatic hydroxyl groups excluding tert-OH is 3. The van der Waals surface area contributed by atoms with Gasteiger partial charge in [0.15, 0.2) is 6.29 Å². The van der Waals surface area contributed by atoms with Gasteiger partial charge >= 0.3 is 6.09 Å². The molecule has 2 unspecified atom stereocenters. The Hall–Kier alpha value is -0.100. The molecule has 23 heavy (non-hydrogen) atoms. The second-order valence-corrected chi connectivity index (χ2v) is 7.24. The first kappa shape index (κ1) is 20.9. The molecular weight excluding hydrogens is 378 g/mol. The molecule has 9 nitrogen and oxygen atoms in total. The second-order valence-electron chi connectivity index (χ2n) is 4.73. The lowest BCUT2D eigenvalue weighted by molar-refractivity contribution is -0.268. The van der Waals surface area contributed by atoms with Gasteiger partial charge in [0.05, 0.1) is 13.2 Å². The Morgan fingerprint density at radius 2 is 1.96 bits per heavy atom. The zero-order valence-electron chi connectivity index (χ0n) is 11.9. The fourth-order valence-electron chi connectivity index (χ4n) is 1.89. The predicted molar refractivity (Wildman–Crippen MR) is 81.3 cm³/mol. The number of nitrogens with two attached hydrogens (primary N) is 1. The molecule has 0 saturated carbocycles. The third kappa shape index (κ3) is 6.73. The van der Waals surface area contributed by atoms with Crippen molar-refractivity contribution >= 4 is 40.9 Å². The van der Waals surface area contributed by atoms with E-state index in [1.807, 2.05) is 0 Å². The maximum absolute atomic E-state index is 11.7. The Balaban J connectivity index is 2.71. The molecule has 0 spiro atoms. The second kappa shape index (κ2) is 9.40. The van der Waals surface area contributed by atoms with Crippen LogP contribution in [0, 0.1) is 0 Å². The van der Waals surface area contributed by atoms with E-state index in [0.29, 0.717) is 0 Å². The zero-order chi connectivity index (χ0) is 17.6. The van der Waals surface area contributed by atoms with E-state index in [-0.39, 0.29) is 13.2 Å². The molecule has 0 radical (unpaired) electrons. The number of hydrogen-bond donors (Lipinski definition) is 5. The smallest absolute Gasteiger partial charge is 0.407 e. The average Bonchev–Trinajstić information content (AvgIpc) is 2.48. The van der Waals surface area contributed by atoms with Gasteiger partial charge in [-0.25, -0.2) is 4.79 Å². The molecule has 6 N–H and O–H groups in total. The highest BCUT2D eigenvalue weighted by Gasteiger charge is 2.45. The molecule has 0 aromatic carbocycles. The molecule has 0 aromatic heterocycles. The van der Waals surface area contributed by atoms with E-state index in [1.165, 1.54) is 0 Å². The quantitative estimate of drug-likeness (QED) is 0.354. The topological polar surface area (TPSA) is 144 Å². The summed E-state index contributed by atoms with van der Waals surface area (Å²) in [7, 11) is 0. The number of halogens is 3. The summed E-state index contributed by atoms with van der Waals surface area (Å²) in [6.07, 6.45) is -6.18. The number of alkyl halides is 3. The van der Waals surface area contributed by atoms with Crippen LogP contribution in [-0.4, -0.2) is 82.2 Å². The van der Waals surface area contributed by atoms with Crippen LogP contribution in [0.3, 0.4) is 0 Å². The van der Waals surface area contributed by atoms with Crippen LogP contribution in [0.1, 0.15) is 0 Å². The monoisotopic (exact) mass is 396 g/mol. The minimum absolute atomic E-state index is 0.0625. The molecule has 1 fully saturated rings. The van der Waals surface area contributed by atoms with Crippen LogP contribution in [-0.2, 0) is 14.2 Å². The zero-order valence-corrected chi connectivity index (χ0v) is 14.2. The summed E-state index contributed by atoms with van der Waals surface area (Å²) in [4.78, 5) is 11.7. The van der Waals surface area contributed by atoms with Crippen molar-refractivity contribution in [3.63, 3.8) is 0 Å². The van der Waals surface area contributed by atoms with Crippen molar-refractivity contribution in [2.45, 2.75) is 34.4 Å². The third-order valence-corrected chi connectivity index (χ3v) is 3.26. The van der Waals surface area contributed by atoms with Crippen LogP contribution < -0.4 is 11.1 Å². The van der Waals surface area contributed by atoms with E-state index < -0.39 is 53.7 Å². The van der Waals surface area contributed by atoms with Gasteiger partial charge in [0.2, 0.25) is 3.79 Å². The van der Waals surface area contributed by atoms with E-state index in [0.717, 1.165) is 0 Å². The van der Waals surface area contributed by atoms with E-state index in [2.05, 4.69) is 10.1 Å². The van der Waals surface area contributed by atoms with Crippen LogP contribution in [0.2, 0.25) is 0 Å². The number of ether oxygens (including phenoxy) is 3. The summed E-state index contributed by atoms with van der Waals surface area (Å²) >= 11 is 16.4. The molecule has 1 rings (SSSR count). The standard InChI is InChI=1S/C11H19Cl3N2O7/c12-11(13,14)4-22-10(20)16-6-8(19)7(18)5(3-17)23-9(6)21-2-1-15/h5-9,17-19H,1-4,15H2,(H,16,20)/t5?,6-,7-,8?,9+/m0/s1. The number of carbonyl (C=O) groups is 1. The molecular formula is C11H19Cl3N2O7. The van der Waals surface area contributed by atoms with Crippen molar-refractivity contribution < 1.29 is 34.3 Å². The lowest BCUT2D eigenvalue weighted by Gasteiger charge is -2.42.